The molecule has 7 heteroatoms. The van der Waals surface area contributed by atoms with Crippen molar-refractivity contribution >= 4 is 0 Å². The van der Waals surface area contributed by atoms with Gasteiger partial charge in [-0.2, -0.15) is 4.39 Å². The summed E-state index contributed by atoms with van der Waals surface area (Å²) in [6.07, 6.45) is 1.42. The summed E-state index contributed by atoms with van der Waals surface area (Å²) in [4.78, 5) is 24.4. The van der Waals surface area contributed by atoms with Crippen molar-refractivity contribution in [3.63, 3.8) is 0 Å². The van der Waals surface area contributed by atoms with Gasteiger partial charge in [-0.15, -0.1) is 0 Å². The summed E-state index contributed by atoms with van der Waals surface area (Å²) in [5, 5.41) is 9.54. The molecule has 0 amide bonds. The summed E-state index contributed by atoms with van der Waals surface area (Å²) in [6, 6.07) is 0. The zero-order valence-corrected chi connectivity index (χ0v) is 10.0. The minimum atomic E-state index is -1.33. The lowest BCUT2D eigenvalue weighted by molar-refractivity contribution is 0.0136. The zero-order chi connectivity index (χ0) is 13.3. The molecule has 0 bridgehead atoms. The van der Waals surface area contributed by atoms with Crippen LogP contribution in [0, 0.1) is 11.2 Å². The molecule has 18 heavy (non-hydrogen) atoms. The Morgan fingerprint density at radius 1 is 1.44 bits per heavy atom. The van der Waals surface area contributed by atoms with E-state index in [0.717, 1.165) is 4.57 Å². The Labute approximate surface area is 102 Å². The van der Waals surface area contributed by atoms with E-state index in [4.69, 9.17) is 4.74 Å². The van der Waals surface area contributed by atoms with E-state index in [-0.39, 0.29) is 12.0 Å². The third-order valence-corrected chi connectivity index (χ3v) is 3.36. The van der Waals surface area contributed by atoms with Gasteiger partial charge in [-0.1, -0.05) is 6.92 Å². The molecule has 0 radical (unpaired) electrons. The van der Waals surface area contributed by atoms with Gasteiger partial charge < -0.3 is 9.84 Å². The summed E-state index contributed by atoms with van der Waals surface area (Å²) >= 11 is 0. The van der Waals surface area contributed by atoms with Crippen LogP contribution in [-0.2, 0) is 11.3 Å². The number of hydrogen-bond donors (Lipinski definition) is 2. The third kappa shape index (κ3) is 2.31. The number of hydrogen-bond acceptors (Lipinski definition) is 4. The first-order chi connectivity index (χ1) is 8.43. The summed E-state index contributed by atoms with van der Waals surface area (Å²) in [7, 11) is 0. The molecule has 0 aliphatic carbocycles. The number of ether oxygens (including phenoxy) is 1. The van der Waals surface area contributed by atoms with Crippen LogP contribution in [0.1, 0.15) is 19.8 Å². The van der Waals surface area contributed by atoms with Crippen LogP contribution in [-0.4, -0.2) is 27.9 Å². The molecule has 2 heterocycles. The fourth-order valence-electron chi connectivity index (χ4n) is 2.09. The number of aromatic nitrogens is 2. The molecule has 0 atom stereocenters. The molecule has 0 spiro atoms. The van der Waals surface area contributed by atoms with Crippen LogP contribution in [0.25, 0.3) is 0 Å². The van der Waals surface area contributed by atoms with Crippen LogP contribution >= 0.6 is 0 Å². The van der Waals surface area contributed by atoms with Crippen molar-refractivity contribution in [3.8, 4) is 5.88 Å². The Morgan fingerprint density at radius 3 is 2.67 bits per heavy atom. The van der Waals surface area contributed by atoms with E-state index in [1.54, 1.807) is 0 Å². The van der Waals surface area contributed by atoms with Crippen molar-refractivity contribution in [1.29, 1.82) is 0 Å². The molecule has 1 aliphatic heterocycles. The van der Waals surface area contributed by atoms with Gasteiger partial charge in [-0.3, -0.25) is 14.3 Å². The third-order valence-electron chi connectivity index (χ3n) is 3.36. The smallest absolute Gasteiger partial charge is 0.331 e. The second kappa shape index (κ2) is 4.56. The molecule has 1 saturated heterocycles. The van der Waals surface area contributed by atoms with Gasteiger partial charge in [-0.25, -0.2) is 4.79 Å². The highest BCUT2D eigenvalue weighted by Gasteiger charge is 2.30. The van der Waals surface area contributed by atoms with Crippen molar-refractivity contribution in [2.75, 3.05) is 13.2 Å². The number of rotatable bonds is 2. The summed E-state index contributed by atoms with van der Waals surface area (Å²) in [5.74, 6) is -2.23. The highest BCUT2D eigenvalue weighted by atomic mass is 19.1. The summed E-state index contributed by atoms with van der Waals surface area (Å²) in [5.41, 5.74) is -2.26. The topological polar surface area (TPSA) is 84.3 Å². The molecule has 0 saturated carbocycles. The van der Waals surface area contributed by atoms with Crippen LogP contribution in [0.3, 0.4) is 0 Å². The Kier molecular flexibility index (Phi) is 3.25. The molecular formula is C11H15FN2O4. The highest BCUT2D eigenvalue weighted by molar-refractivity contribution is 5.10. The van der Waals surface area contributed by atoms with E-state index in [9.17, 15) is 19.1 Å². The van der Waals surface area contributed by atoms with E-state index in [0.29, 0.717) is 26.1 Å². The number of halogens is 1. The lowest BCUT2D eigenvalue weighted by Crippen LogP contribution is -2.38. The number of nitrogens with one attached hydrogen (secondary N) is 1. The van der Waals surface area contributed by atoms with Crippen molar-refractivity contribution < 1.29 is 14.2 Å². The van der Waals surface area contributed by atoms with Gasteiger partial charge in [0, 0.05) is 19.8 Å². The van der Waals surface area contributed by atoms with E-state index >= 15 is 0 Å². The maximum absolute atomic E-state index is 13.3. The quantitative estimate of drug-likeness (QED) is 0.793. The molecule has 2 N–H and O–H groups in total. The van der Waals surface area contributed by atoms with Crippen LogP contribution in [0.4, 0.5) is 4.39 Å². The average molecular weight is 258 g/mol. The molecular weight excluding hydrogens is 243 g/mol. The predicted molar refractivity (Wildman–Crippen MR) is 61.1 cm³/mol. The van der Waals surface area contributed by atoms with Crippen molar-refractivity contribution in [2.24, 2.45) is 5.41 Å². The van der Waals surface area contributed by atoms with Gasteiger partial charge in [-0.05, 0) is 18.3 Å². The van der Waals surface area contributed by atoms with Gasteiger partial charge in [0.2, 0.25) is 11.7 Å². The first-order valence-corrected chi connectivity index (χ1v) is 5.72. The monoisotopic (exact) mass is 258 g/mol. The minimum absolute atomic E-state index is 0.148. The largest absolute Gasteiger partial charge is 0.492 e. The van der Waals surface area contributed by atoms with Gasteiger partial charge in [0.05, 0.1) is 0 Å². The fraction of sp³-hybridized carbons (Fsp3) is 0.636. The zero-order valence-electron chi connectivity index (χ0n) is 10.0. The van der Waals surface area contributed by atoms with Gasteiger partial charge in [0.15, 0.2) is 0 Å². The number of nitrogens with zero attached hydrogens (tertiary/aromatic N) is 1. The van der Waals surface area contributed by atoms with Crippen LogP contribution in [0.15, 0.2) is 9.59 Å². The Morgan fingerprint density at radius 2 is 2.06 bits per heavy atom. The van der Waals surface area contributed by atoms with E-state index in [2.05, 4.69) is 0 Å². The van der Waals surface area contributed by atoms with Gasteiger partial charge in [0.25, 0.3) is 5.56 Å². The lowest BCUT2D eigenvalue weighted by atomic mass is 9.82. The molecule has 6 nitrogen and oxygen atoms in total. The van der Waals surface area contributed by atoms with Crippen molar-refractivity contribution in [1.82, 2.24) is 9.55 Å². The van der Waals surface area contributed by atoms with Gasteiger partial charge >= 0.3 is 5.69 Å². The number of H-pyrrole nitrogens is 1. The molecule has 2 rings (SSSR count). The SMILES string of the molecule is CC1(Cn2c(O)c(F)c(=O)[nH]c2=O)CCOCC1. The van der Waals surface area contributed by atoms with Gasteiger partial charge in [0.1, 0.15) is 0 Å². The minimum Gasteiger partial charge on any atom is -0.492 e. The predicted octanol–water partition coefficient (Wildman–Crippen LogP) is 0.198. The first kappa shape index (κ1) is 12.8. The maximum atomic E-state index is 13.3. The molecule has 1 aromatic rings. The number of aromatic hydroxyl groups is 1. The second-order valence-corrected chi connectivity index (χ2v) is 4.91. The van der Waals surface area contributed by atoms with Crippen LogP contribution < -0.4 is 11.2 Å². The molecule has 0 unspecified atom stereocenters. The standard InChI is InChI=1S/C11H15FN2O4/c1-11(2-4-18-5-3-11)6-14-9(16)7(12)8(15)13-10(14)17/h16H,2-6H2,1H3,(H,13,15,17). The van der Waals surface area contributed by atoms with Crippen LogP contribution in [0.2, 0.25) is 0 Å². The molecule has 0 aromatic carbocycles. The molecule has 1 aliphatic rings. The molecule has 1 fully saturated rings. The molecule has 100 valence electrons. The van der Waals surface area contributed by atoms with Crippen molar-refractivity contribution in [2.45, 2.75) is 26.3 Å². The summed E-state index contributed by atoms with van der Waals surface area (Å²) in [6.45, 7) is 3.22. The van der Waals surface area contributed by atoms with Crippen LogP contribution in [0.5, 0.6) is 5.88 Å². The Hall–Kier alpha value is -1.63. The van der Waals surface area contributed by atoms with Crippen molar-refractivity contribution in [3.05, 3.63) is 26.7 Å². The van der Waals surface area contributed by atoms with E-state index < -0.39 is 22.9 Å². The normalized spacial score (nSPS) is 18.8. The highest BCUT2D eigenvalue weighted by Crippen LogP contribution is 2.32. The maximum Gasteiger partial charge on any atom is 0.331 e. The fourth-order valence-corrected chi connectivity index (χ4v) is 2.09. The molecule has 1 aromatic heterocycles. The average Bonchev–Trinajstić information content (AvgIpc) is 2.33. The van der Waals surface area contributed by atoms with E-state index in [1.807, 2.05) is 11.9 Å². The second-order valence-electron chi connectivity index (χ2n) is 4.91. The lowest BCUT2D eigenvalue weighted by Gasteiger charge is -2.33. The Balaban J connectivity index is 2.37. The van der Waals surface area contributed by atoms with E-state index in [1.165, 1.54) is 0 Å². The summed E-state index contributed by atoms with van der Waals surface area (Å²) < 4.78 is 19.4. The first-order valence-electron chi connectivity index (χ1n) is 5.72. The number of aromatic amines is 1. The Bertz CT molecular complexity index is 557.